The molecule has 5 heteroatoms. The van der Waals surface area contributed by atoms with Crippen molar-refractivity contribution in [2.24, 2.45) is 5.73 Å². The van der Waals surface area contributed by atoms with Crippen LogP contribution in [0.1, 0.15) is 21.5 Å². The van der Waals surface area contributed by atoms with Crippen LogP contribution >= 0.6 is 0 Å². The van der Waals surface area contributed by atoms with Gasteiger partial charge in [0, 0.05) is 6.08 Å². The van der Waals surface area contributed by atoms with E-state index < -0.39 is 5.91 Å². The van der Waals surface area contributed by atoms with Gasteiger partial charge in [-0.1, -0.05) is 54.6 Å². The van der Waals surface area contributed by atoms with Crippen LogP contribution in [0, 0.1) is 0 Å². The summed E-state index contributed by atoms with van der Waals surface area (Å²) in [5.41, 5.74) is 7.91. The Morgan fingerprint density at radius 1 is 0.893 bits per heavy atom. The molecule has 0 saturated heterocycles. The molecule has 3 aromatic rings. The van der Waals surface area contributed by atoms with Crippen molar-refractivity contribution in [2.45, 2.75) is 6.61 Å². The fourth-order valence-corrected chi connectivity index (χ4v) is 2.57. The summed E-state index contributed by atoms with van der Waals surface area (Å²) < 4.78 is 5.74. The van der Waals surface area contributed by atoms with E-state index in [0.717, 1.165) is 16.9 Å². The molecule has 0 spiro atoms. The van der Waals surface area contributed by atoms with E-state index in [0.29, 0.717) is 12.3 Å². The van der Waals surface area contributed by atoms with E-state index in [4.69, 9.17) is 10.5 Å². The Labute approximate surface area is 163 Å². The third kappa shape index (κ3) is 5.32. The number of para-hydroxylation sites is 1. The van der Waals surface area contributed by atoms with E-state index in [-0.39, 0.29) is 11.5 Å². The Morgan fingerprint density at radius 2 is 1.57 bits per heavy atom. The second-order valence-corrected chi connectivity index (χ2v) is 6.08. The smallest absolute Gasteiger partial charge is 0.250 e. The minimum atomic E-state index is -0.592. The van der Waals surface area contributed by atoms with Gasteiger partial charge >= 0.3 is 0 Å². The van der Waals surface area contributed by atoms with Crippen molar-refractivity contribution in [3.8, 4) is 5.75 Å². The van der Waals surface area contributed by atoms with Crippen LogP contribution in [0.4, 0.5) is 5.69 Å². The molecule has 3 rings (SSSR count). The van der Waals surface area contributed by atoms with Gasteiger partial charge in [-0.25, -0.2) is 0 Å². The summed E-state index contributed by atoms with van der Waals surface area (Å²) >= 11 is 0. The molecule has 2 amide bonds. The standard InChI is InChI=1S/C23H20N2O3/c24-23(27)20-8-4-5-9-21(20)25-22(26)15-12-17-10-13-19(14-11-17)28-16-18-6-2-1-3-7-18/h1-15H,16H2,(H2,24,27)(H,25,26)/b15-12+. The van der Waals surface area contributed by atoms with Crippen molar-refractivity contribution >= 4 is 23.6 Å². The van der Waals surface area contributed by atoms with Gasteiger partial charge in [-0.15, -0.1) is 0 Å². The molecule has 0 atom stereocenters. The van der Waals surface area contributed by atoms with Crippen molar-refractivity contribution in [2.75, 3.05) is 5.32 Å². The number of hydrogen-bond acceptors (Lipinski definition) is 3. The third-order valence-corrected chi connectivity index (χ3v) is 4.01. The summed E-state index contributed by atoms with van der Waals surface area (Å²) in [6.07, 6.45) is 3.08. The largest absolute Gasteiger partial charge is 0.489 e. The SMILES string of the molecule is NC(=O)c1ccccc1NC(=O)/C=C/c1ccc(OCc2ccccc2)cc1. The van der Waals surface area contributed by atoms with Gasteiger partial charge in [0.1, 0.15) is 12.4 Å². The van der Waals surface area contributed by atoms with Gasteiger partial charge in [-0.2, -0.15) is 0 Å². The normalized spacial score (nSPS) is 10.6. The number of anilines is 1. The Bertz CT molecular complexity index is 980. The van der Waals surface area contributed by atoms with Crippen molar-refractivity contribution in [1.29, 1.82) is 0 Å². The van der Waals surface area contributed by atoms with E-state index in [1.54, 1.807) is 30.3 Å². The second-order valence-electron chi connectivity index (χ2n) is 6.08. The lowest BCUT2D eigenvalue weighted by atomic mass is 10.1. The lowest BCUT2D eigenvalue weighted by Gasteiger charge is -2.07. The summed E-state index contributed by atoms with van der Waals surface area (Å²) in [6.45, 7) is 0.498. The van der Waals surface area contributed by atoms with Crippen molar-refractivity contribution in [3.63, 3.8) is 0 Å². The van der Waals surface area contributed by atoms with E-state index in [2.05, 4.69) is 5.32 Å². The highest BCUT2D eigenvalue weighted by atomic mass is 16.5. The first-order chi connectivity index (χ1) is 13.6. The number of amides is 2. The molecular weight excluding hydrogens is 352 g/mol. The van der Waals surface area contributed by atoms with E-state index >= 15 is 0 Å². The minimum Gasteiger partial charge on any atom is -0.489 e. The lowest BCUT2D eigenvalue weighted by molar-refractivity contribution is -0.111. The Hall–Kier alpha value is -3.86. The highest BCUT2D eigenvalue weighted by Gasteiger charge is 2.08. The van der Waals surface area contributed by atoms with Crippen LogP contribution in [0.5, 0.6) is 5.75 Å². The molecule has 0 radical (unpaired) electrons. The summed E-state index contributed by atoms with van der Waals surface area (Å²) in [5.74, 6) is -0.190. The van der Waals surface area contributed by atoms with Gasteiger partial charge < -0.3 is 15.8 Å². The number of benzene rings is 3. The van der Waals surface area contributed by atoms with Gasteiger partial charge in [0.2, 0.25) is 5.91 Å². The summed E-state index contributed by atoms with van der Waals surface area (Å²) in [4.78, 5) is 23.5. The first-order valence-electron chi connectivity index (χ1n) is 8.76. The number of carbonyl (C=O) groups is 2. The fourth-order valence-electron chi connectivity index (χ4n) is 2.57. The van der Waals surface area contributed by atoms with Crippen LogP contribution < -0.4 is 15.8 Å². The predicted octanol–water partition coefficient (Wildman–Crippen LogP) is 4.02. The molecule has 0 aliphatic heterocycles. The molecule has 28 heavy (non-hydrogen) atoms. The number of hydrogen-bond donors (Lipinski definition) is 2. The zero-order chi connectivity index (χ0) is 19.8. The van der Waals surface area contributed by atoms with E-state index in [9.17, 15) is 9.59 Å². The molecule has 3 aromatic carbocycles. The van der Waals surface area contributed by atoms with Gasteiger partial charge in [-0.3, -0.25) is 9.59 Å². The average molecular weight is 372 g/mol. The first-order valence-corrected chi connectivity index (χ1v) is 8.76. The van der Waals surface area contributed by atoms with E-state index in [1.165, 1.54) is 6.08 Å². The molecule has 0 heterocycles. The molecule has 140 valence electrons. The quantitative estimate of drug-likeness (QED) is 0.615. The topological polar surface area (TPSA) is 81.4 Å². The number of primary amides is 1. The summed E-state index contributed by atoms with van der Waals surface area (Å²) in [6, 6.07) is 24.0. The number of rotatable bonds is 7. The zero-order valence-electron chi connectivity index (χ0n) is 15.2. The maximum Gasteiger partial charge on any atom is 0.250 e. The van der Waals surface area contributed by atoms with Crippen LogP contribution in [0.2, 0.25) is 0 Å². The Balaban J connectivity index is 1.57. The number of carbonyl (C=O) groups excluding carboxylic acids is 2. The van der Waals surface area contributed by atoms with Crippen LogP contribution in [-0.4, -0.2) is 11.8 Å². The molecule has 0 saturated carbocycles. The van der Waals surface area contributed by atoms with Crippen LogP contribution in [-0.2, 0) is 11.4 Å². The molecule has 0 aliphatic rings. The maximum absolute atomic E-state index is 12.1. The molecule has 0 aliphatic carbocycles. The maximum atomic E-state index is 12.1. The fraction of sp³-hybridized carbons (Fsp3) is 0.0435. The summed E-state index contributed by atoms with van der Waals surface area (Å²) in [5, 5.41) is 2.66. The average Bonchev–Trinajstić information content (AvgIpc) is 2.72. The zero-order valence-corrected chi connectivity index (χ0v) is 15.2. The molecule has 5 nitrogen and oxygen atoms in total. The van der Waals surface area contributed by atoms with Crippen LogP contribution in [0.25, 0.3) is 6.08 Å². The second kappa shape index (κ2) is 9.19. The number of nitrogens with two attached hydrogens (primary N) is 1. The molecule has 3 N–H and O–H groups in total. The van der Waals surface area contributed by atoms with E-state index in [1.807, 2.05) is 54.6 Å². The highest BCUT2D eigenvalue weighted by molar-refractivity contribution is 6.07. The Kier molecular flexibility index (Phi) is 6.21. The van der Waals surface area contributed by atoms with Crippen LogP contribution in [0.3, 0.4) is 0 Å². The van der Waals surface area contributed by atoms with Gasteiger partial charge in [0.05, 0.1) is 11.3 Å². The Morgan fingerprint density at radius 3 is 2.29 bits per heavy atom. The van der Waals surface area contributed by atoms with Crippen molar-refractivity contribution in [3.05, 3.63) is 102 Å². The minimum absolute atomic E-state index is 0.268. The molecule has 0 fully saturated rings. The lowest BCUT2D eigenvalue weighted by Crippen LogP contribution is -2.16. The molecule has 0 unspecified atom stereocenters. The summed E-state index contributed by atoms with van der Waals surface area (Å²) in [7, 11) is 0. The third-order valence-electron chi connectivity index (χ3n) is 4.01. The van der Waals surface area contributed by atoms with Crippen molar-refractivity contribution in [1.82, 2.24) is 0 Å². The van der Waals surface area contributed by atoms with Gasteiger partial charge in [0.25, 0.3) is 5.91 Å². The van der Waals surface area contributed by atoms with Crippen LogP contribution in [0.15, 0.2) is 84.9 Å². The first kappa shape index (κ1) is 18.9. The highest BCUT2D eigenvalue weighted by Crippen LogP contribution is 2.16. The van der Waals surface area contributed by atoms with Gasteiger partial charge in [-0.05, 0) is 41.5 Å². The number of nitrogens with one attached hydrogen (secondary N) is 1. The number of ether oxygens (including phenoxy) is 1. The molecular formula is C23H20N2O3. The molecule has 0 aromatic heterocycles. The predicted molar refractivity (Wildman–Crippen MR) is 110 cm³/mol. The molecule has 0 bridgehead atoms. The monoisotopic (exact) mass is 372 g/mol. The van der Waals surface area contributed by atoms with Crippen molar-refractivity contribution < 1.29 is 14.3 Å². The van der Waals surface area contributed by atoms with Gasteiger partial charge in [0.15, 0.2) is 0 Å².